The van der Waals surface area contributed by atoms with Gasteiger partial charge in [-0.3, -0.25) is 4.99 Å². The van der Waals surface area contributed by atoms with Gasteiger partial charge in [-0.15, -0.1) is 30.6 Å². The summed E-state index contributed by atoms with van der Waals surface area (Å²) < 4.78 is 0. The van der Waals surface area contributed by atoms with E-state index in [1.807, 2.05) is 6.08 Å². The van der Waals surface area contributed by atoms with Crippen molar-refractivity contribution in [1.29, 1.82) is 0 Å². The van der Waals surface area contributed by atoms with Crippen molar-refractivity contribution in [2.45, 2.75) is 47.0 Å². The lowest BCUT2D eigenvalue weighted by molar-refractivity contribution is 0.361. The van der Waals surface area contributed by atoms with Gasteiger partial charge in [0.1, 0.15) is 0 Å². The first-order chi connectivity index (χ1) is 7.99. The van der Waals surface area contributed by atoms with Gasteiger partial charge in [-0.1, -0.05) is 33.3 Å². The predicted octanol–water partition coefficient (Wildman–Crippen LogP) is 3.56. The van der Waals surface area contributed by atoms with Crippen LogP contribution in [-0.4, -0.2) is 25.6 Å². The van der Waals surface area contributed by atoms with E-state index in [-0.39, 0.29) is 24.0 Å². The molecule has 0 heterocycles. The summed E-state index contributed by atoms with van der Waals surface area (Å²) in [4.78, 5) is 4.52. The zero-order valence-electron chi connectivity index (χ0n) is 12.4. The molecule has 0 amide bonds. The zero-order chi connectivity index (χ0) is 13.1. The molecule has 4 heteroatoms. The van der Waals surface area contributed by atoms with Gasteiger partial charge in [0.2, 0.25) is 0 Å². The third-order valence-corrected chi connectivity index (χ3v) is 2.36. The summed E-state index contributed by atoms with van der Waals surface area (Å²) in [5.74, 6) is 0.892. The number of guanidine groups is 1. The minimum atomic E-state index is 0. The molecule has 0 aromatic heterocycles. The summed E-state index contributed by atoms with van der Waals surface area (Å²) in [6.07, 6.45) is 5.50. The molecular formula is C14H30IN3. The molecule has 0 saturated carbocycles. The van der Waals surface area contributed by atoms with Crippen LogP contribution in [0.4, 0.5) is 0 Å². The monoisotopic (exact) mass is 367 g/mol. The van der Waals surface area contributed by atoms with Crippen LogP contribution in [-0.2, 0) is 0 Å². The highest BCUT2D eigenvalue weighted by atomic mass is 127. The van der Waals surface area contributed by atoms with E-state index in [2.05, 4.69) is 49.9 Å². The second-order valence-electron chi connectivity index (χ2n) is 5.45. The number of nitrogens with one attached hydrogen (secondary N) is 2. The van der Waals surface area contributed by atoms with E-state index in [1.54, 1.807) is 0 Å². The lowest BCUT2D eigenvalue weighted by Crippen LogP contribution is -2.37. The van der Waals surface area contributed by atoms with Crippen molar-refractivity contribution < 1.29 is 0 Å². The lowest BCUT2D eigenvalue weighted by Gasteiger charge is -2.17. The van der Waals surface area contributed by atoms with Crippen LogP contribution in [0, 0.1) is 5.41 Å². The van der Waals surface area contributed by atoms with Crippen LogP contribution in [0.2, 0.25) is 0 Å². The van der Waals surface area contributed by atoms with Crippen LogP contribution < -0.4 is 10.6 Å². The molecule has 0 aromatic rings. The molecule has 0 aliphatic carbocycles. The maximum absolute atomic E-state index is 4.52. The topological polar surface area (TPSA) is 36.4 Å². The first kappa shape index (κ1) is 20.1. The van der Waals surface area contributed by atoms with Crippen LogP contribution in [0.5, 0.6) is 0 Å². The van der Waals surface area contributed by atoms with E-state index in [4.69, 9.17) is 0 Å². The van der Waals surface area contributed by atoms with Crippen molar-refractivity contribution in [3.8, 4) is 0 Å². The molecular weight excluding hydrogens is 337 g/mol. The number of hydrogen-bond donors (Lipinski definition) is 2. The molecule has 0 radical (unpaired) electrons. The van der Waals surface area contributed by atoms with E-state index in [1.165, 1.54) is 12.8 Å². The minimum absolute atomic E-state index is 0. The van der Waals surface area contributed by atoms with Crippen LogP contribution in [0.3, 0.4) is 0 Å². The largest absolute Gasteiger partial charge is 0.357 e. The average Bonchev–Trinajstić information content (AvgIpc) is 2.23. The highest BCUT2D eigenvalue weighted by Crippen LogP contribution is 2.21. The number of hydrogen-bond acceptors (Lipinski definition) is 1. The first-order valence-corrected chi connectivity index (χ1v) is 6.62. The molecule has 0 atom stereocenters. The average molecular weight is 367 g/mol. The van der Waals surface area contributed by atoms with Gasteiger partial charge in [-0.05, 0) is 25.2 Å². The number of halogens is 1. The van der Waals surface area contributed by atoms with Crippen LogP contribution in [0.1, 0.15) is 47.0 Å². The van der Waals surface area contributed by atoms with Crippen molar-refractivity contribution >= 4 is 29.9 Å². The maximum Gasteiger partial charge on any atom is 0.191 e. The fourth-order valence-electron chi connectivity index (χ4n) is 1.47. The molecule has 0 rings (SSSR count). The van der Waals surface area contributed by atoms with Crippen LogP contribution >= 0.6 is 24.0 Å². The molecule has 108 valence electrons. The molecule has 0 unspecified atom stereocenters. The van der Waals surface area contributed by atoms with Gasteiger partial charge in [0.05, 0.1) is 0 Å². The summed E-state index contributed by atoms with van der Waals surface area (Å²) in [6.45, 7) is 15.2. The minimum Gasteiger partial charge on any atom is -0.357 e. The van der Waals surface area contributed by atoms with Crippen molar-refractivity contribution in [2.75, 3.05) is 19.6 Å². The standard InChI is InChI=1S/C14H29N3.HI/c1-6-11-16-13(15-7-2)17-12-9-8-10-14(3,4)5;/h6H,1,7-12H2,2-5H3,(H2,15,16,17);1H. The van der Waals surface area contributed by atoms with Gasteiger partial charge >= 0.3 is 0 Å². The summed E-state index contributed by atoms with van der Waals surface area (Å²) >= 11 is 0. The predicted molar refractivity (Wildman–Crippen MR) is 92.9 cm³/mol. The Morgan fingerprint density at radius 1 is 1.22 bits per heavy atom. The van der Waals surface area contributed by atoms with Gasteiger partial charge in [0.25, 0.3) is 0 Å². The van der Waals surface area contributed by atoms with Crippen molar-refractivity contribution in [3.05, 3.63) is 12.7 Å². The lowest BCUT2D eigenvalue weighted by atomic mass is 9.90. The van der Waals surface area contributed by atoms with Gasteiger partial charge in [-0.2, -0.15) is 0 Å². The molecule has 3 nitrogen and oxygen atoms in total. The molecule has 0 spiro atoms. The molecule has 0 fully saturated rings. The number of rotatable bonds is 7. The Hall–Kier alpha value is -0.260. The van der Waals surface area contributed by atoms with Gasteiger partial charge < -0.3 is 10.6 Å². The van der Waals surface area contributed by atoms with E-state index < -0.39 is 0 Å². The van der Waals surface area contributed by atoms with Crippen LogP contribution in [0.25, 0.3) is 0 Å². The first-order valence-electron chi connectivity index (χ1n) is 6.62. The molecule has 0 aliphatic heterocycles. The summed E-state index contributed by atoms with van der Waals surface area (Å²) in [6, 6.07) is 0. The van der Waals surface area contributed by atoms with E-state index >= 15 is 0 Å². The molecule has 0 bridgehead atoms. The summed E-state index contributed by atoms with van der Waals surface area (Å²) in [5.41, 5.74) is 0.440. The summed E-state index contributed by atoms with van der Waals surface area (Å²) in [7, 11) is 0. The van der Waals surface area contributed by atoms with Crippen molar-refractivity contribution in [2.24, 2.45) is 10.4 Å². The van der Waals surface area contributed by atoms with Crippen molar-refractivity contribution in [3.63, 3.8) is 0 Å². The SMILES string of the molecule is C=CCNC(=NCCCCC(C)(C)C)NCC.I. The van der Waals surface area contributed by atoms with Crippen molar-refractivity contribution in [1.82, 2.24) is 10.6 Å². The third kappa shape index (κ3) is 13.8. The summed E-state index contributed by atoms with van der Waals surface area (Å²) in [5, 5.41) is 6.41. The van der Waals surface area contributed by atoms with Gasteiger partial charge in [-0.25, -0.2) is 0 Å². The normalized spacial score (nSPS) is 11.7. The molecule has 0 aromatic carbocycles. The highest BCUT2D eigenvalue weighted by molar-refractivity contribution is 14.0. The number of unbranched alkanes of at least 4 members (excludes halogenated alkanes) is 1. The van der Waals surface area contributed by atoms with E-state index in [9.17, 15) is 0 Å². The number of nitrogens with zero attached hydrogens (tertiary/aromatic N) is 1. The third-order valence-electron chi connectivity index (χ3n) is 2.36. The molecule has 2 N–H and O–H groups in total. The second kappa shape index (κ2) is 11.8. The fraction of sp³-hybridized carbons (Fsp3) is 0.786. The Labute approximate surface area is 130 Å². The highest BCUT2D eigenvalue weighted by Gasteiger charge is 2.08. The molecule has 18 heavy (non-hydrogen) atoms. The zero-order valence-corrected chi connectivity index (χ0v) is 14.7. The molecule has 0 saturated heterocycles. The Morgan fingerprint density at radius 2 is 1.89 bits per heavy atom. The smallest absolute Gasteiger partial charge is 0.191 e. The number of aliphatic imine (C=N–C) groups is 1. The van der Waals surface area contributed by atoms with Gasteiger partial charge in [0, 0.05) is 19.6 Å². The Morgan fingerprint density at radius 3 is 2.39 bits per heavy atom. The Bertz CT molecular complexity index is 232. The Balaban J connectivity index is 0. The quantitative estimate of drug-likeness (QED) is 0.237. The van der Waals surface area contributed by atoms with E-state index in [0.29, 0.717) is 5.41 Å². The Kier molecular flexibility index (Phi) is 13.2. The molecule has 0 aliphatic rings. The van der Waals surface area contributed by atoms with Crippen LogP contribution in [0.15, 0.2) is 17.6 Å². The fourth-order valence-corrected chi connectivity index (χ4v) is 1.47. The second-order valence-corrected chi connectivity index (χ2v) is 5.45. The van der Waals surface area contributed by atoms with Gasteiger partial charge in [0.15, 0.2) is 5.96 Å². The maximum atomic E-state index is 4.52. The van der Waals surface area contributed by atoms with E-state index in [0.717, 1.165) is 32.0 Å².